The number of Topliss-reactive ketones (excluding diaryl/α,β-unsaturated/α-hetero) is 1. The number of amides is 1. The second kappa shape index (κ2) is 8.29. The first kappa shape index (κ1) is 17.7. The molecule has 0 fully saturated rings. The Bertz CT molecular complexity index is 680. The molecule has 0 aliphatic carbocycles. The molecule has 6 heteroatoms. The van der Waals surface area contributed by atoms with Crippen molar-refractivity contribution in [3.8, 4) is 0 Å². The maximum atomic E-state index is 12.3. The van der Waals surface area contributed by atoms with E-state index in [2.05, 4.69) is 15.0 Å². The molecule has 2 aromatic rings. The van der Waals surface area contributed by atoms with Gasteiger partial charge in [0.05, 0.1) is 25.2 Å². The zero-order valence-electron chi connectivity index (χ0n) is 14.2. The maximum Gasteiger partial charge on any atom is 0.407 e. The van der Waals surface area contributed by atoms with Crippen LogP contribution in [0.25, 0.3) is 0 Å². The van der Waals surface area contributed by atoms with Crippen LogP contribution in [0.2, 0.25) is 0 Å². The highest BCUT2D eigenvalue weighted by Crippen LogP contribution is 2.09. The van der Waals surface area contributed by atoms with Crippen LogP contribution in [0.5, 0.6) is 0 Å². The number of carbonyl (C=O) groups is 2. The average molecular weight is 329 g/mol. The molecule has 2 rings (SSSR count). The molecule has 0 aliphatic heterocycles. The van der Waals surface area contributed by atoms with Gasteiger partial charge >= 0.3 is 6.09 Å². The Kier molecular flexibility index (Phi) is 6.12. The Balaban J connectivity index is 2.06. The monoisotopic (exact) mass is 329 g/mol. The van der Waals surface area contributed by atoms with Crippen molar-refractivity contribution in [3.63, 3.8) is 0 Å². The number of carbonyl (C=O) groups excluding carboxylic acids is 2. The zero-order chi connectivity index (χ0) is 17.5. The minimum absolute atomic E-state index is 0.0435. The van der Waals surface area contributed by atoms with E-state index in [9.17, 15) is 9.59 Å². The van der Waals surface area contributed by atoms with E-state index in [1.807, 2.05) is 54.9 Å². The largest absolute Gasteiger partial charge is 0.453 e. The molecular weight excluding hydrogens is 306 g/mol. The number of methoxy groups -OCH3 is 1. The number of hydrogen-bond acceptors (Lipinski definition) is 4. The third-order valence-electron chi connectivity index (χ3n) is 3.70. The first-order valence-electron chi connectivity index (χ1n) is 7.92. The summed E-state index contributed by atoms with van der Waals surface area (Å²) < 4.78 is 6.56. The van der Waals surface area contributed by atoms with Gasteiger partial charge in [0.2, 0.25) is 0 Å². The summed E-state index contributed by atoms with van der Waals surface area (Å²) in [7, 11) is 1.28. The summed E-state index contributed by atoms with van der Waals surface area (Å²) in [5, 5.41) is 2.60. The number of imidazole rings is 1. The number of hydrogen-bond donors (Lipinski definition) is 1. The van der Waals surface area contributed by atoms with Gasteiger partial charge in [0.25, 0.3) is 0 Å². The lowest BCUT2D eigenvalue weighted by atomic mass is 9.98. The number of ketones is 1. The lowest BCUT2D eigenvalue weighted by Gasteiger charge is -2.17. The minimum atomic E-state index is -0.641. The van der Waals surface area contributed by atoms with E-state index >= 15 is 0 Å². The Morgan fingerprint density at radius 1 is 1.25 bits per heavy atom. The number of benzene rings is 1. The van der Waals surface area contributed by atoms with E-state index in [-0.39, 0.29) is 11.7 Å². The van der Waals surface area contributed by atoms with Gasteiger partial charge < -0.3 is 14.6 Å². The molecule has 1 aromatic heterocycles. The van der Waals surface area contributed by atoms with Gasteiger partial charge in [-0.25, -0.2) is 9.78 Å². The lowest BCUT2D eigenvalue weighted by Crippen LogP contribution is -2.44. The maximum absolute atomic E-state index is 12.3. The van der Waals surface area contributed by atoms with E-state index in [1.54, 1.807) is 6.33 Å². The standard InChI is InChI=1S/C18H23N3O3/c1-13(2)17(22)16(20-18(23)24-3)9-15-11-21(12-19-15)10-14-7-5-4-6-8-14/h4-8,11-13,16H,9-10H2,1-3H3,(H,20,23)/t16-/m0/s1. The molecule has 0 saturated carbocycles. The predicted octanol–water partition coefficient (Wildman–Crippen LogP) is 2.42. The van der Waals surface area contributed by atoms with Gasteiger partial charge in [0, 0.05) is 25.1 Å². The molecule has 1 heterocycles. The number of nitrogens with one attached hydrogen (secondary N) is 1. The van der Waals surface area contributed by atoms with E-state index in [1.165, 1.54) is 12.7 Å². The fourth-order valence-electron chi connectivity index (χ4n) is 2.43. The second-order valence-electron chi connectivity index (χ2n) is 5.97. The molecule has 1 amide bonds. The van der Waals surface area contributed by atoms with Gasteiger partial charge in [-0.2, -0.15) is 0 Å². The highest BCUT2D eigenvalue weighted by Gasteiger charge is 2.24. The third kappa shape index (κ3) is 4.94. The van der Waals surface area contributed by atoms with Crippen molar-refractivity contribution in [2.75, 3.05) is 7.11 Å². The lowest BCUT2D eigenvalue weighted by molar-refractivity contribution is -0.123. The zero-order valence-corrected chi connectivity index (χ0v) is 14.2. The molecule has 1 N–H and O–H groups in total. The van der Waals surface area contributed by atoms with Crippen LogP contribution >= 0.6 is 0 Å². The van der Waals surface area contributed by atoms with Crippen LogP contribution in [0, 0.1) is 5.92 Å². The van der Waals surface area contributed by atoms with Gasteiger partial charge in [0.15, 0.2) is 5.78 Å². The molecule has 1 aromatic carbocycles. The van der Waals surface area contributed by atoms with Crippen LogP contribution < -0.4 is 5.32 Å². The van der Waals surface area contributed by atoms with Gasteiger partial charge in [0.1, 0.15) is 0 Å². The molecule has 0 unspecified atom stereocenters. The third-order valence-corrected chi connectivity index (χ3v) is 3.70. The topological polar surface area (TPSA) is 73.2 Å². The summed E-state index contributed by atoms with van der Waals surface area (Å²) in [5.41, 5.74) is 1.92. The first-order chi connectivity index (χ1) is 11.5. The summed E-state index contributed by atoms with van der Waals surface area (Å²) >= 11 is 0. The Morgan fingerprint density at radius 2 is 1.96 bits per heavy atom. The van der Waals surface area contributed by atoms with E-state index in [0.717, 1.165) is 5.69 Å². The SMILES string of the molecule is COC(=O)N[C@@H](Cc1cn(Cc2ccccc2)cn1)C(=O)C(C)C. The van der Waals surface area contributed by atoms with Crippen molar-refractivity contribution >= 4 is 11.9 Å². The Morgan fingerprint density at radius 3 is 2.58 bits per heavy atom. The average Bonchev–Trinajstić information content (AvgIpc) is 3.01. The summed E-state index contributed by atoms with van der Waals surface area (Å²) in [6.07, 6.45) is 3.36. The van der Waals surface area contributed by atoms with Crippen molar-refractivity contribution in [1.82, 2.24) is 14.9 Å². The number of aromatic nitrogens is 2. The van der Waals surface area contributed by atoms with Gasteiger partial charge in [-0.1, -0.05) is 44.2 Å². The van der Waals surface area contributed by atoms with Crippen LogP contribution in [-0.2, 0) is 22.5 Å². The van der Waals surface area contributed by atoms with Crippen LogP contribution in [0.3, 0.4) is 0 Å². The molecule has 0 radical (unpaired) electrons. The molecule has 0 spiro atoms. The van der Waals surface area contributed by atoms with Gasteiger partial charge in [-0.15, -0.1) is 0 Å². The fraction of sp³-hybridized carbons (Fsp3) is 0.389. The Labute approximate surface area is 141 Å². The highest BCUT2D eigenvalue weighted by atomic mass is 16.5. The summed E-state index contributed by atoms with van der Waals surface area (Å²) in [6, 6.07) is 9.41. The van der Waals surface area contributed by atoms with E-state index < -0.39 is 12.1 Å². The van der Waals surface area contributed by atoms with E-state index in [0.29, 0.717) is 13.0 Å². The summed E-state index contributed by atoms with van der Waals surface area (Å²) in [6.45, 7) is 4.33. The van der Waals surface area contributed by atoms with Crippen molar-refractivity contribution in [1.29, 1.82) is 0 Å². The second-order valence-corrected chi connectivity index (χ2v) is 5.97. The number of alkyl carbamates (subject to hydrolysis) is 1. The summed E-state index contributed by atoms with van der Waals surface area (Å²) in [4.78, 5) is 28.1. The van der Waals surface area contributed by atoms with Crippen molar-refractivity contribution in [3.05, 3.63) is 54.1 Å². The molecule has 0 saturated heterocycles. The first-order valence-corrected chi connectivity index (χ1v) is 7.92. The molecule has 0 bridgehead atoms. The molecule has 128 valence electrons. The summed E-state index contributed by atoms with van der Waals surface area (Å²) in [5.74, 6) is -0.225. The normalized spacial score (nSPS) is 12.0. The number of nitrogens with zero attached hydrogens (tertiary/aromatic N) is 2. The molecule has 0 aliphatic rings. The van der Waals surface area contributed by atoms with Crippen molar-refractivity contribution in [2.24, 2.45) is 5.92 Å². The van der Waals surface area contributed by atoms with Crippen LogP contribution in [-0.4, -0.2) is 34.6 Å². The molecule has 1 atom stereocenters. The van der Waals surface area contributed by atoms with Crippen molar-refractivity contribution in [2.45, 2.75) is 32.9 Å². The van der Waals surface area contributed by atoms with Crippen LogP contribution in [0.1, 0.15) is 25.1 Å². The van der Waals surface area contributed by atoms with Gasteiger partial charge in [-0.05, 0) is 5.56 Å². The smallest absolute Gasteiger partial charge is 0.407 e. The highest BCUT2D eigenvalue weighted by molar-refractivity contribution is 5.88. The van der Waals surface area contributed by atoms with Crippen LogP contribution in [0.4, 0.5) is 4.79 Å². The number of rotatable bonds is 7. The quantitative estimate of drug-likeness (QED) is 0.847. The molecule has 24 heavy (non-hydrogen) atoms. The fourth-order valence-corrected chi connectivity index (χ4v) is 2.43. The number of ether oxygens (including phenoxy) is 1. The van der Waals surface area contributed by atoms with Gasteiger partial charge in [-0.3, -0.25) is 4.79 Å². The predicted molar refractivity (Wildman–Crippen MR) is 90.6 cm³/mol. The minimum Gasteiger partial charge on any atom is -0.453 e. The molecular formula is C18H23N3O3. The Hall–Kier alpha value is -2.63. The molecule has 6 nitrogen and oxygen atoms in total. The van der Waals surface area contributed by atoms with E-state index in [4.69, 9.17) is 0 Å². The van der Waals surface area contributed by atoms with Crippen LogP contribution in [0.15, 0.2) is 42.9 Å². The van der Waals surface area contributed by atoms with Crippen molar-refractivity contribution < 1.29 is 14.3 Å².